The van der Waals surface area contributed by atoms with Gasteiger partial charge in [-0.25, -0.2) is 0 Å². The highest BCUT2D eigenvalue weighted by Crippen LogP contribution is 2.57. The lowest BCUT2D eigenvalue weighted by Gasteiger charge is -2.44. The highest BCUT2D eigenvalue weighted by atomic mass is 16.3. The highest BCUT2D eigenvalue weighted by Gasteiger charge is 2.39. The molecular formula is C53H38N2O. The molecular weight excluding hydrogens is 681 g/mol. The van der Waals surface area contributed by atoms with Gasteiger partial charge in [-0.3, -0.25) is 0 Å². The maximum Gasteiger partial charge on any atom is 0.143 e. The van der Waals surface area contributed by atoms with Crippen LogP contribution in [0.3, 0.4) is 0 Å². The van der Waals surface area contributed by atoms with Gasteiger partial charge < -0.3 is 14.2 Å². The largest absolute Gasteiger partial charge is 0.455 e. The average molecular weight is 719 g/mol. The fourth-order valence-electron chi connectivity index (χ4n) is 9.15. The zero-order valence-electron chi connectivity index (χ0n) is 31.3. The SMILES string of the molecule is CC1(C)c2ccccc2N(c2c(N(c3ccccc3)c3cccc4ccccc34)ccc3ccccc23)c2cc(-c3cccc4c3oc3ccccc34)ccc21. The summed E-state index contributed by atoms with van der Waals surface area (Å²) in [6.45, 7) is 4.72. The molecule has 56 heavy (non-hydrogen) atoms. The van der Waals surface area contributed by atoms with Gasteiger partial charge in [0.1, 0.15) is 11.2 Å². The third kappa shape index (κ3) is 4.84. The van der Waals surface area contributed by atoms with Crippen LogP contribution in [0.5, 0.6) is 0 Å². The van der Waals surface area contributed by atoms with Gasteiger partial charge in [0.15, 0.2) is 0 Å². The second kappa shape index (κ2) is 12.5. The lowest BCUT2D eigenvalue weighted by molar-refractivity contribution is 0.632. The molecule has 0 radical (unpaired) electrons. The van der Waals surface area contributed by atoms with E-state index in [0.29, 0.717) is 0 Å². The Balaban J connectivity index is 1.24. The normalized spacial score (nSPS) is 13.3. The van der Waals surface area contributed by atoms with Crippen LogP contribution in [0.1, 0.15) is 25.0 Å². The summed E-state index contributed by atoms with van der Waals surface area (Å²) in [5.74, 6) is 0. The number of nitrogens with zero attached hydrogens (tertiary/aromatic N) is 2. The van der Waals surface area contributed by atoms with Crippen LogP contribution < -0.4 is 9.80 Å². The van der Waals surface area contributed by atoms with Crippen molar-refractivity contribution in [2.45, 2.75) is 19.3 Å². The molecule has 1 aliphatic heterocycles. The van der Waals surface area contributed by atoms with Crippen LogP contribution in [0.4, 0.5) is 34.1 Å². The van der Waals surface area contributed by atoms with E-state index in [1.807, 2.05) is 6.07 Å². The number of hydrogen-bond acceptors (Lipinski definition) is 3. The second-order valence-corrected chi connectivity index (χ2v) is 15.3. The fraction of sp³-hybridized carbons (Fsp3) is 0.0566. The molecule has 0 atom stereocenters. The smallest absolute Gasteiger partial charge is 0.143 e. The summed E-state index contributed by atoms with van der Waals surface area (Å²) >= 11 is 0. The first-order valence-corrected chi connectivity index (χ1v) is 19.4. The Kier molecular flexibility index (Phi) is 7.20. The lowest BCUT2D eigenvalue weighted by Crippen LogP contribution is -2.31. The van der Waals surface area contributed by atoms with Gasteiger partial charge >= 0.3 is 0 Å². The van der Waals surface area contributed by atoms with Gasteiger partial charge in [-0.2, -0.15) is 0 Å². The van der Waals surface area contributed by atoms with Gasteiger partial charge in [-0.1, -0.05) is 166 Å². The third-order valence-electron chi connectivity index (χ3n) is 11.8. The molecule has 2 heterocycles. The predicted octanol–water partition coefficient (Wildman–Crippen LogP) is 15.1. The van der Waals surface area contributed by atoms with Crippen LogP contribution in [0.15, 0.2) is 199 Å². The molecule has 1 aromatic heterocycles. The molecule has 0 unspecified atom stereocenters. The van der Waals surface area contributed by atoms with Crippen molar-refractivity contribution >= 4 is 77.6 Å². The zero-order chi connectivity index (χ0) is 37.4. The maximum atomic E-state index is 6.61. The summed E-state index contributed by atoms with van der Waals surface area (Å²) in [6, 6.07) is 70.3. The molecule has 3 heteroatoms. The quantitative estimate of drug-likeness (QED) is 0.177. The zero-order valence-corrected chi connectivity index (χ0v) is 31.3. The molecule has 0 saturated heterocycles. The highest BCUT2D eigenvalue weighted by molar-refractivity contribution is 6.12. The average Bonchev–Trinajstić information content (AvgIpc) is 3.64. The first-order valence-electron chi connectivity index (χ1n) is 19.4. The molecule has 10 aromatic rings. The van der Waals surface area contributed by atoms with E-state index < -0.39 is 0 Å². The Morgan fingerprint density at radius 2 is 1.11 bits per heavy atom. The summed E-state index contributed by atoms with van der Waals surface area (Å²) in [6.07, 6.45) is 0. The lowest BCUT2D eigenvalue weighted by atomic mass is 9.73. The van der Waals surface area contributed by atoms with Crippen molar-refractivity contribution in [3.8, 4) is 11.1 Å². The summed E-state index contributed by atoms with van der Waals surface area (Å²) in [7, 11) is 0. The Morgan fingerprint density at radius 3 is 1.96 bits per heavy atom. The van der Waals surface area contributed by atoms with Gasteiger partial charge in [0.25, 0.3) is 0 Å². The van der Waals surface area contributed by atoms with E-state index in [2.05, 4.69) is 212 Å². The number of para-hydroxylation sites is 4. The Bertz CT molecular complexity index is 3130. The first-order chi connectivity index (χ1) is 27.6. The Labute approximate surface area is 326 Å². The molecule has 3 nitrogen and oxygen atoms in total. The molecule has 0 saturated carbocycles. The van der Waals surface area contributed by atoms with Gasteiger partial charge in [0.2, 0.25) is 0 Å². The van der Waals surface area contributed by atoms with E-state index in [9.17, 15) is 0 Å². The van der Waals surface area contributed by atoms with Crippen molar-refractivity contribution < 1.29 is 4.42 Å². The van der Waals surface area contributed by atoms with Crippen LogP contribution in [-0.2, 0) is 5.41 Å². The van der Waals surface area contributed by atoms with Crippen molar-refractivity contribution in [3.63, 3.8) is 0 Å². The summed E-state index contributed by atoms with van der Waals surface area (Å²) in [5.41, 5.74) is 13.1. The predicted molar refractivity (Wildman–Crippen MR) is 236 cm³/mol. The Morgan fingerprint density at radius 1 is 0.464 bits per heavy atom. The molecule has 0 aliphatic carbocycles. The minimum atomic E-state index is -0.258. The Hall–Kier alpha value is -7.10. The first kappa shape index (κ1) is 32.3. The summed E-state index contributed by atoms with van der Waals surface area (Å²) in [5, 5.41) is 7.02. The van der Waals surface area contributed by atoms with Crippen molar-refractivity contribution in [2.75, 3.05) is 9.80 Å². The molecule has 0 amide bonds. The van der Waals surface area contributed by atoms with E-state index >= 15 is 0 Å². The van der Waals surface area contributed by atoms with E-state index in [4.69, 9.17) is 4.42 Å². The van der Waals surface area contributed by atoms with E-state index in [1.165, 1.54) is 38.4 Å². The van der Waals surface area contributed by atoms with Gasteiger partial charge in [0, 0.05) is 38.2 Å². The third-order valence-corrected chi connectivity index (χ3v) is 11.8. The van der Waals surface area contributed by atoms with E-state index in [1.54, 1.807) is 0 Å². The number of fused-ring (bicyclic) bond motifs is 7. The van der Waals surface area contributed by atoms with Crippen molar-refractivity contribution in [2.24, 2.45) is 0 Å². The standard InChI is InChI=1S/C53H38N2O/c1-53(2)44-26-11-12-27-47(44)55(49-34-37(30-32-45(49)53)41-24-15-25-43-42-23-10-13-29-50(42)56-52(41)43)51-40-22-9-7-17-36(40)31-33-48(51)54(38-19-4-3-5-20-38)46-28-14-18-35-16-6-8-21-39(35)46/h3-34H,1-2H3. The van der Waals surface area contributed by atoms with Crippen molar-refractivity contribution in [1.29, 1.82) is 0 Å². The van der Waals surface area contributed by atoms with Gasteiger partial charge in [-0.15, -0.1) is 0 Å². The molecule has 0 N–H and O–H groups in total. The van der Waals surface area contributed by atoms with Crippen molar-refractivity contribution in [1.82, 2.24) is 0 Å². The molecule has 266 valence electrons. The van der Waals surface area contributed by atoms with Gasteiger partial charge in [0.05, 0.1) is 28.4 Å². The maximum absolute atomic E-state index is 6.61. The number of hydrogen-bond donors (Lipinski definition) is 0. The van der Waals surface area contributed by atoms with Crippen LogP contribution in [-0.4, -0.2) is 0 Å². The number of rotatable bonds is 5. The minimum Gasteiger partial charge on any atom is -0.455 e. The molecule has 0 bridgehead atoms. The van der Waals surface area contributed by atoms with Crippen LogP contribution in [0, 0.1) is 0 Å². The van der Waals surface area contributed by atoms with Crippen molar-refractivity contribution in [3.05, 3.63) is 205 Å². The van der Waals surface area contributed by atoms with E-state index in [-0.39, 0.29) is 5.41 Å². The van der Waals surface area contributed by atoms with E-state index in [0.717, 1.165) is 61.5 Å². The fourth-order valence-corrected chi connectivity index (χ4v) is 9.15. The summed E-state index contributed by atoms with van der Waals surface area (Å²) in [4.78, 5) is 4.99. The van der Waals surface area contributed by atoms with Crippen LogP contribution >= 0.6 is 0 Å². The molecule has 11 rings (SSSR count). The van der Waals surface area contributed by atoms with Crippen LogP contribution in [0.2, 0.25) is 0 Å². The summed E-state index contributed by atoms with van der Waals surface area (Å²) < 4.78 is 6.61. The molecule has 1 aliphatic rings. The monoisotopic (exact) mass is 718 g/mol. The molecule has 0 spiro atoms. The topological polar surface area (TPSA) is 19.6 Å². The van der Waals surface area contributed by atoms with Crippen LogP contribution in [0.25, 0.3) is 54.6 Å². The molecule has 0 fully saturated rings. The number of anilines is 6. The second-order valence-electron chi connectivity index (χ2n) is 15.3. The number of benzene rings is 9. The van der Waals surface area contributed by atoms with Gasteiger partial charge in [-0.05, 0) is 69.9 Å². The number of furan rings is 1. The minimum absolute atomic E-state index is 0.258. The molecule has 9 aromatic carbocycles.